The Bertz CT molecular complexity index is 315. The van der Waals surface area contributed by atoms with Gasteiger partial charge in [0.15, 0.2) is 6.21 Å². The van der Waals surface area contributed by atoms with Crippen molar-refractivity contribution in [1.82, 2.24) is 5.32 Å². The second-order valence-corrected chi connectivity index (χ2v) is 7.57. The predicted octanol–water partition coefficient (Wildman–Crippen LogP) is 5.21. The van der Waals surface area contributed by atoms with E-state index in [1.54, 1.807) is 0 Å². The average molecular weight is 340 g/mol. The van der Waals surface area contributed by atoms with Crippen LogP contribution in [0.2, 0.25) is 0 Å². The van der Waals surface area contributed by atoms with E-state index in [-0.39, 0.29) is 6.23 Å². The number of unbranched alkanes of at least 4 members (excludes halogenated alkanes) is 13. The van der Waals surface area contributed by atoms with Crippen molar-refractivity contribution in [2.45, 2.75) is 123 Å². The fourth-order valence-electron chi connectivity index (χ4n) is 3.72. The molecule has 3 nitrogen and oxygen atoms in total. The predicted molar refractivity (Wildman–Crippen MR) is 105 cm³/mol. The smallest absolute Gasteiger partial charge is 0.253 e. The largest absolute Gasteiger partial charge is 0.337 e. The molecule has 0 spiro atoms. The summed E-state index contributed by atoms with van der Waals surface area (Å²) in [4.78, 5) is 0. The van der Waals surface area contributed by atoms with Gasteiger partial charge in [0, 0.05) is 13.3 Å². The lowest BCUT2D eigenvalue weighted by molar-refractivity contribution is -0.630. The molecule has 2 atom stereocenters. The van der Waals surface area contributed by atoms with Gasteiger partial charge in [-0.3, -0.25) is 0 Å². The van der Waals surface area contributed by atoms with Crippen LogP contribution in [0.15, 0.2) is 0 Å². The van der Waals surface area contributed by atoms with Gasteiger partial charge < -0.3 is 5.11 Å². The Morgan fingerprint density at radius 1 is 0.875 bits per heavy atom. The highest BCUT2D eigenvalue weighted by Gasteiger charge is 2.27. The van der Waals surface area contributed by atoms with Gasteiger partial charge in [-0.1, -0.05) is 90.4 Å². The molecular weight excluding hydrogens is 296 g/mol. The Morgan fingerprint density at radius 3 is 1.79 bits per heavy atom. The van der Waals surface area contributed by atoms with Crippen molar-refractivity contribution >= 4 is 6.21 Å². The zero-order chi connectivity index (χ0) is 17.5. The van der Waals surface area contributed by atoms with Crippen LogP contribution in [0.25, 0.3) is 0 Å². The van der Waals surface area contributed by atoms with Gasteiger partial charge in [0.25, 0.3) is 6.23 Å². The van der Waals surface area contributed by atoms with Crippen molar-refractivity contribution in [3.8, 4) is 0 Å². The molecule has 0 fully saturated rings. The highest BCUT2D eigenvalue weighted by molar-refractivity contribution is 5.55. The van der Waals surface area contributed by atoms with Crippen LogP contribution < -0.4 is 5.32 Å². The highest BCUT2D eigenvalue weighted by Crippen LogP contribution is 2.14. The van der Waals surface area contributed by atoms with E-state index in [4.69, 9.17) is 0 Å². The van der Waals surface area contributed by atoms with Crippen LogP contribution in [-0.4, -0.2) is 34.8 Å². The average Bonchev–Trinajstić information content (AvgIpc) is 3.04. The number of aliphatic hydroxyl groups excluding tert-OH is 1. The van der Waals surface area contributed by atoms with Gasteiger partial charge in [0.2, 0.25) is 6.17 Å². The van der Waals surface area contributed by atoms with Gasteiger partial charge in [0.05, 0.1) is 6.54 Å². The van der Waals surface area contributed by atoms with E-state index in [1.807, 2.05) is 6.92 Å². The van der Waals surface area contributed by atoms with Crippen LogP contribution in [0.1, 0.15) is 110 Å². The Morgan fingerprint density at radius 2 is 1.33 bits per heavy atom. The lowest BCUT2D eigenvalue weighted by Gasteiger charge is -2.12. The van der Waals surface area contributed by atoms with Gasteiger partial charge in [-0.2, -0.15) is 4.58 Å². The fraction of sp³-hybridized carbons (Fsp3) is 0.952. The topological polar surface area (TPSA) is 35.3 Å². The van der Waals surface area contributed by atoms with Crippen molar-refractivity contribution in [3.05, 3.63) is 0 Å². The minimum atomic E-state index is -0.364. The third kappa shape index (κ3) is 10.5. The summed E-state index contributed by atoms with van der Waals surface area (Å²) in [5.41, 5.74) is 0. The molecule has 2 unspecified atom stereocenters. The Kier molecular flexibility index (Phi) is 13.4. The summed E-state index contributed by atoms with van der Waals surface area (Å²) in [6, 6.07) is 0. The van der Waals surface area contributed by atoms with Crippen molar-refractivity contribution < 1.29 is 9.68 Å². The molecule has 0 aliphatic carbocycles. The van der Waals surface area contributed by atoms with E-state index in [2.05, 4.69) is 23.0 Å². The SMILES string of the molecule is CCCCCCCCCCCCCCCCC1NCC=[N+]1C(C)O. The molecule has 1 aliphatic rings. The molecular formula is C21H43N2O+. The first-order valence-electron chi connectivity index (χ1n) is 10.8. The van der Waals surface area contributed by atoms with Crippen molar-refractivity contribution in [2.75, 3.05) is 6.54 Å². The number of nitrogens with zero attached hydrogens (tertiary/aromatic N) is 1. The van der Waals surface area contributed by atoms with Crippen molar-refractivity contribution in [1.29, 1.82) is 0 Å². The second kappa shape index (κ2) is 14.9. The zero-order valence-corrected chi connectivity index (χ0v) is 16.4. The van der Waals surface area contributed by atoms with Crippen molar-refractivity contribution in [2.24, 2.45) is 0 Å². The van der Waals surface area contributed by atoms with Crippen LogP contribution >= 0.6 is 0 Å². The maximum absolute atomic E-state index is 9.69. The molecule has 1 rings (SSSR count). The van der Waals surface area contributed by atoms with Crippen LogP contribution in [0, 0.1) is 0 Å². The second-order valence-electron chi connectivity index (χ2n) is 7.57. The van der Waals surface area contributed by atoms with Crippen LogP contribution in [0.4, 0.5) is 0 Å². The van der Waals surface area contributed by atoms with Crippen LogP contribution in [0.3, 0.4) is 0 Å². The molecule has 2 N–H and O–H groups in total. The molecule has 3 heteroatoms. The van der Waals surface area contributed by atoms with Crippen LogP contribution in [0.5, 0.6) is 0 Å². The first kappa shape index (κ1) is 21.6. The van der Waals surface area contributed by atoms with E-state index in [0.717, 1.165) is 13.0 Å². The molecule has 0 amide bonds. The molecule has 0 bridgehead atoms. The maximum Gasteiger partial charge on any atom is 0.253 e. The summed E-state index contributed by atoms with van der Waals surface area (Å²) >= 11 is 0. The normalized spacial score (nSPS) is 18.8. The maximum atomic E-state index is 9.69. The summed E-state index contributed by atoms with van der Waals surface area (Å²) in [6.45, 7) is 5.03. The molecule has 0 saturated heterocycles. The van der Waals surface area contributed by atoms with Gasteiger partial charge in [-0.15, -0.1) is 0 Å². The van der Waals surface area contributed by atoms with E-state index in [0.29, 0.717) is 6.17 Å². The first-order valence-corrected chi connectivity index (χ1v) is 10.8. The molecule has 24 heavy (non-hydrogen) atoms. The van der Waals surface area contributed by atoms with E-state index >= 15 is 0 Å². The Hall–Kier alpha value is -0.410. The lowest BCUT2D eigenvalue weighted by Crippen LogP contribution is -2.37. The summed E-state index contributed by atoms with van der Waals surface area (Å²) in [6.07, 6.45) is 22.9. The number of nitrogens with one attached hydrogen (secondary N) is 1. The van der Waals surface area contributed by atoms with E-state index in [1.165, 1.54) is 89.9 Å². The third-order valence-corrected chi connectivity index (χ3v) is 5.28. The van der Waals surface area contributed by atoms with Gasteiger partial charge in [0.1, 0.15) is 0 Å². The quantitative estimate of drug-likeness (QED) is 0.299. The van der Waals surface area contributed by atoms with Crippen LogP contribution in [-0.2, 0) is 0 Å². The lowest BCUT2D eigenvalue weighted by atomic mass is 10.0. The molecule has 0 aromatic carbocycles. The molecule has 0 saturated carbocycles. The highest BCUT2D eigenvalue weighted by atomic mass is 16.3. The monoisotopic (exact) mass is 339 g/mol. The molecule has 142 valence electrons. The summed E-state index contributed by atoms with van der Waals surface area (Å²) < 4.78 is 2.06. The molecule has 0 aromatic heterocycles. The standard InChI is InChI=1S/C21H43N2O/c1-3-4-5-6-7-8-9-10-11-12-13-14-15-16-17-21-22-18-19-23(21)20(2)24/h19-22,24H,3-18H2,1-2H3/q+1. The van der Waals surface area contributed by atoms with E-state index < -0.39 is 0 Å². The molecule has 0 radical (unpaired) electrons. The third-order valence-electron chi connectivity index (χ3n) is 5.28. The fourth-order valence-corrected chi connectivity index (χ4v) is 3.72. The van der Waals surface area contributed by atoms with Crippen molar-refractivity contribution in [3.63, 3.8) is 0 Å². The number of aliphatic hydroxyl groups is 1. The number of hydrogen-bond acceptors (Lipinski definition) is 2. The zero-order valence-electron chi connectivity index (χ0n) is 16.4. The van der Waals surface area contributed by atoms with Gasteiger partial charge in [-0.25, -0.2) is 5.32 Å². The number of hydrogen-bond donors (Lipinski definition) is 2. The first-order chi connectivity index (χ1) is 11.8. The number of rotatable bonds is 16. The summed E-state index contributed by atoms with van der Waals surface area (Å²) in [7, 11) is 0. The minimum Gasteiger partial charge on any atom is -0.337 e. The van der Waals surface area contributed by atoms with Gasteiger partial charge >= 0.3 is 0 Å². The summed E-state index contributed by atoms with van der Waals surface area (Å²) in [5.74, 6) is 0. The minimum absolute atomic E-state index is 0.349. The molecule has 1 aliphatic heterocycles. The molecule has 0 aromatic rings. The van der Waals surface area contributed by atoms with E-state index in [9.17, 15) is 5.11 Å². The Labute approximate surface area is 150 Å². The summed E-state index contributed by atoms with van der Waals surface area (Å²) in [5, 5.41) is 13.1. The Balaban J connectivity index is 1.79. The molecule has 1 heterocycles. The van der Waals surface area contributed by atoms with Gasteiger partial charge in [-0.05, 0) is 6.42 Å².